The summed E-state index contributed by atoms with van der Waals surface area (Å²) in [7, 11) is 3.61. The summed E-state index contributed by atoms with van der Waals surface area (Å²) in [6, 6.07) is 5.91. The molecule has 23 heavy (non-hydrogen) atoms. The highest BCUT2D eigenvalue weighted by Crippen LogP contribution is 2.29. The predicted octanol–water partition coefficient (Wildman–Crippen LogP) is 2.15. The molecule has 0 unspecified atom stereocenters. The Labute approximate surface area is 139 Å². The second-order valence-electron chi connectivity index (χ2n) is 6.99. The molecule has 0 fully saturated rings. The number of hydrogen-bond acceptors (Lipinski definition) is 5. The number of aliphatic hydroxyl groups is 2. The van der Waals surface area contributed by atoms with Crippen molar-refractivity contribution in [3.05, 3.63) is 23.8 Å². The van der Waals surface area contributed by atoms with Crippen LogP contribution in [0.25, 0.3) is 0 Å². The first-order valence-electron chi connectivity index (χ1n) is 8.03. The molecule has 1 rings (SSSR count). The summed E-state index contributed by atoms with van der Waals surface area (Å²) in [5.41, 5.74) is 0.600. The summed E-state index contributed by atoms with van der Waals surface area (Å²) >= 11 is 0. The summed E-state index contributed by atoms with van der Waals surface area (Å²) < 4.78 is 11.2. The van der Waals surface area contributed by atoms with Crippen molar-refractivity contribution < 1.29 is 19.7 Å². The normalized spacial score (nSPS) is 12.0. The van der Waals surface area contributed by atoms with E-state index < -0.39 is 5.41 Å². The Bertz CT molecular complexity index is 472. The van der Waals surface area contributed by atoms with Gasteiger partial charge >= 0.3 is 0 Å². The molecule has 0 aliphatic carbocycles. The van der Waals surface area contributed by atoms with E-state index in [4.69, 9.17) is 9.47 Å². The van der Waals surface area contributed by atoms with E-state index >= 15 is 0 Å². The minimum atomic E-state index is -0.502. The van der Waals surface area contributed by atoms with Crippen molar-refractivity contribution in [2.75, 3.05) is 40.5 Å². The maximum atomic E-state index is 9.41. The quantitative estimate of drug-likeness (QED) is 0.690. The minimum absolute atomic E-state index is 0.0425. The van der Waals surface area contributed by atoms with Crippen LogP contribution in [0.1, 0.15) is 26.3 Å². The maximum absolute atomic E-state index is 9.41. The van der Waals surface area contributed by atoms with Gasteiger partial charge in [0, 0.05) is 18.5 Å². The van der Waals surface area contributed by atoms with E-state index in [-0.39, 0.29) is 13.2 Å². The molecule has 0 heterocycles. The molecule has 0 spiro atoms. The van der Waals surface area contributed by atoms with Crippen molar-refractivity contribution >= 4 is 0 Å². The summed E-state index contributed by atoms with van der Waals surface area (Å²) in [6.07, 6.45) is 0. The number of benzene rings is 1. The molecule has 0 saturated heterocycles. The van der Waals surface area contributed by atoms with Crippen LogP contribution in [0.4, 0.5) is 0 Å². The SMILES string of the molecule is COc1ccc(CN(C)CC(C)(CO)CO)cc1OCC(C)C. The first-order valence-corrected chi connectivity index (χ1v) is 8.03. The van der Waals surface area contributed by atoms with Crippen molar-refractivity contribution in [3.8, 4) is 11.5 Å². The Hall–Kier alpha value is -1.30. The molecule has 0 aromatic heterocycles. The van der Waals surface area contributed by atoms with Crippen LogP contribution in [-0.2, 0) is 6.54 Å². The van der Waals surface area contributed by atoms with Crippen molar-refractivity contribution in [3.63, 3.8) is 0 Å². The Balaban J connectivity index is 2.78. The molecule has 0 amide bonds. The minimum Gasteiger partial charge on any atom is -0.493 e. The molecular weight excluding hydrogens is 294 g/mol. The van der Waals surface area contributed by atoms with Crippen LogP contribution in [-0.4, -0.2) is 55.6 Å². The second kappa shape index (κ2) is 9.11. The van der Waals surface area contributed by atoms with Gasteiger partial charge in [-0.25, -0.2) is 0 Å². The third-order valence-corrected chi connectivity index (χ3v) is 3.67. The first-order chi connectivity index (χ1) is 10.8. The van der Waals surface area contributed by atoms with E-state index in [0.29, 0.717) is 25.6 Å². The van der Waals surface area contributed by atoms with Gasteiger partial charge in [0.2, 0.25) is 0 Å². The van der Waals surface area contributed by atoms with Crippen LogP contribution in [0.15, 0.2) is 18.2 Å². The average molecular weight is 325 g/mol. The Morgan fingerprint density at radius 2 is 1.83 bits per heavy atom. The van der Waals surface area contributed by atoms with Gasteiger partial charge in [0.25, 0.3) is 0 Å². The molecule has 0 aliphatic rings. The number of rotatable bonds is 10. The summed E-state index contributed by atoms with van der Waals surface area (Å²) in [6.45, 7) is 7.95. The Kier molecular flexibility index (Phi) is 7.82. The van der Waals surface area contributed by atoms with Crippen molar-refractivity contribution in [2.45, 2.75) is 27.3 Å². The van der Waals surface area contributed by atoms with Gasteiger partial charge in [-0.15, -0.1) is 0 Å². The lowest BCUT2D eigenvalue weighted by Crippen LogP contribution is -2.38. The van der Waals surface area contributed by atoms with E-state index in [1.54, 1.807) is 7.11 Å². The zero-order chi connectivity index (χ0) is 17.5. The highest BCUT2D eigenvalue weighted by molar-refractivity contribution is 5.43. The zero-order valence-electron chi connectivity index (χ0n) is 15.0. The van der Waals surface area contributed by atoms with Crippen molar-refractivity contribution in [1.82, 2.24) is 4.90 Å². The molecule has 0 bridgehead atoms. The van der Waals surface area contributed by atoms with Crippen LogP contribution in [0.3, 0.4) is 0 Å². The molecule has 0 saturated carbocycles. The van der Waals surface area contributed by atoms with Gasteiger partial charge < -0.3 is 24.6 Å². The van der Waals surface area contributed by atoms with Crippen LogP contribution < -0.4 is 9.47 Å². The zero-order valence-corrected chi connectivity index (χ0v) is 15.0. The molecule has 0 radical (unpaired) electrons. The van der Waals surface area contributed by atoms with E-state index in [1.165, 1.54) is 0 Å². The van der Waals surface area contributed by atoms with Crippen LogP contribution in [0.2, 0.25) is 0 Å². The fourth-order valence-corrected chi connectivity index (χ4v) is 2.36. The third kappa shape index (κ3) is 6.37. The van der Waals surface area contributed by atoms with Crippen molar-refractivity contribution in [2.24, 2.45) is 11.3 Å². The smallest absolute Gasteiger partial charge is 0.161 e. The van der Waals surface area contributed by atoms with E-state index in [2.05, 4.69) is 18.7 Å². The van der Waals surface area contributed by atoms with E-state index in [1.807, 2.05) is 32.2 Å². The number of aliphatic hydroxyl groups excluding tert-OH is 2. The summed E-state index contributed by atoms with van der Waals surface area (Å²) in [5, 5.41) is 18.8. The second-order valence-corrected chi connectivity index (χ2v) is 6.99. The van der Waals surface area contributed by atoms with Gasteiger partial charge in [0.05, 0.1) is 26.9 Å². The van der Waals surface area contributed by atoms with Gasteiger partial charge in [-0.3, -0.25) is 0 Å². The maximum Gasteiger partial charge on any atom is 0.161 e. The van der Waals surface area contributed by atoms with Gasteiger partial charge in [-0.1, -0.05) is 26.8 Å². The fraction of sp³-hybridized carbons (Fsp3) is 0.667. The number of nitrogens with zero attached hydrogens (tertiary/aromatic N) is 1. The lowest BCUT2D eigenvalue weighted by molar-refractivity contribution is 0.0402. The highest BCUT2D eigenvalue weighted by atomic mass is 16.5. The molecule has 5 heteroatoms. The van der Waals surface area contributed by atoms with Gasteiger partial charge in [-0.05, 0) is 30.7 Å². The standard InChI is InChI=1S/C18H31NO4/c1-14(2)10-23-17-8-15(6-7-16(17)22-5)9-19(4)11-18(3,12-20)13-21/h6-8,14,20-21H,9-13H2,1-5H3. The van der Waals surface area contributed by atoms with Crippen LogP contribution in [0.5, 0.6) is 11.5 Å². The molecule has 2 N–H and O–H groups in total. The van der Waals surface area contributed by atoms with Crippen LogP contribution >= 0.6 is 0 Å². The number of methoxy groups -OCH3 is 1. The largest absolute Gasteiger partial charge is 0.493 e. The first kappa shape index (κ1) is 19.7. The summed E-state index contributed by atoms with van der Waals surface area (Å²) in [4.78, 5) is 2.08. The highest BCUT2D eigenvalue weighted by Gasteiger charge is 2.24. The average Bonchev–Trinajstić information content (AvgIpc) is 2.52. The van der Waals surface area contributed by atoms with Gasteiger partial charge in [-0.2, -0.15) is 0 Å². The molecule has 1 aromatic carbocycles. The summed E-state index contributed by atoms with van der Waals surface area (Å²) in [5.74, 6) is 1.92. The topological polar surface area (TPSA) is 62.2 Å². The predicted molar refractivity (Wildman–Crippen MR) is 91.9 cm³/mol. The molecule has 0 atom stereocenters. The van der Waals surface area contributed by atoms with Crippen LogP contribution in [0, 0.1) is 11.3 Å². The molecule has 1 aromatic rings. The van der Waals surface area contributed by atoms with Gasteiger partial charge in [0.15, 0.2) is 11.5 Å². The monoisotopic (exact) mass is 325 g/mol. The molecule has 5 nitrogen and oxygen atoms in total. The molecule has 0 aliphatic heterocycles. The Morgan fingerprint density at radius 3 is 2.35 bits per heavy atom. The lowest BCUT2D eigenvalue weighted by Gasteiger charge is -2.30. The fourth-order valence-electron chi connectivity index (χ4n) is 2.36. The Morgan fingerprint density at radius 1 is 1.17 bits per heavy atom. The van der Waals surface area contributed by atoms with E-state index in [0.717, 1.165) is 17.1 Å². The van der Waals surface area contributed by atoms with Gasteiger partial charge in [0.1, 0.15) is 0 Å². The lowest BCUT2D eigenvalue weighted by atomic mass is 9.92. The molecule has 132 valence electrons. The number of ether oxygens (including phenoxy) is 2. The van der Waals surface area contributed by atoms with E-state index in [9.17, 15) is 10.2 Å². The number of hydrogen-bond donors (Lipinski definition) is 2. The van der Waals surface area contributed by atoms with Crippen molar-refractivity contribution in [1.29, 1.82) is 0 Å². The molecular formula is C18H31NO4. The third-order valence-electron chi connectivity index (χ3n) is 3.67.